The molecule has 3 heterocycles. The molecule has 2 bridgehead atoms. The fourth-order valence-corrected chi connectivity index (χ4v) is 7.73. The van der Waals surface area contributed by atoms with Gasteiger partial charge in [-0.2, -0.15) is 0 Å². The quantitative estimate of drug-likeness (QED) is 0.173. The minimum absolute atomic E-state index is 0.141. The number of benzene rings is 1. The third kappa shape index (κ3) is 4.85. The highest BCUT2D eigenvalue weighted by Crippen LogP contribution is 2.61. The second-order valence-electron chi connectivity index (χ2n) is 10.8. The summed E-state index contributed by atoms with van der Waals surface area (Å²) in [6.45, 7) is 13.1. The van der Waals surface area contributed by atoms with Crippen LogP contribution in [0.3, 0.4) is 0 Å². The molecule has 1 N–H and O–H groups in total. The lowest BCUT2D eigenvalue weighted by atomic mass is 9.70. The Kier molecular flexibility index (Phi) is 8.95. The van der Waals surface area contributed by atoms with Crippen LogP contribution in [0.15, 0.2) is 43.5 Å². The first-order valence-electron chi connectivity index (χ1n) is 13.3. The zero-order chi connectivity index (χ0) is 28.6. The molecule has 1 aromatic rings. The monoisotopic (exact) mass is 622 g/mol. The Morgan fingerprint density at radius 3 is 2.67 bits per heavy atom. The molecule has 1 spiro atoms. The summed E-state index contributed by atoms with van der Waals surface area (Å²) in [5, 5.41) is 10.8. The van der Waals surface area contributed by atoms with Gasteiger partial charge in [0.2, 0.25) is 5.91 Å². The van der Waals surface area contributed by atoms with Crippen LogP contribution < -0.4 is 4.90 Å². The number of carbonyl (C=O) groups excluding carboxylic acids is 3. The molecule has 39 heavy (non-hydrogen) atoms. The van der Waals surface area contributed by atoms with Crippen molar-refractivity contribution in [1.82, 2.24) is 4.90 Å². The molecule has 0 aromatic heterocycles. The predicted octanol–water partition coefficient (Wildman–Crippen LogP) is 4.05. The molecule has 2 amide bonds. The van der Waals surface area contributed by atoms with Crippen molar-refractivity contribution in [2.75, 3.05) is 24.7 Å². The van der Waals surface area contributed by atoms with E-state index >= 15 is 0 Å². The van der Waals surface area contributed by atoms with Crippen LogP contribution >= 0.6 is 27.5 Å². The number of aliphatic hydroxyl groups is 1. The average Bonchev–Trinajstić information content (AvgIpc) is 3.47. The standard InChI is InChI=1S/C29H36BrClN2O6/c1-6-8-13-38-28(37)21-22-26(35)33(20(15-34)16(3)4)25(29(22)14-18(30)24(21)39-29)27(36)32(12-7-2)23-17(5)10-9-11-19(23)31/h6-7,9-11,16,18,20-22,24-25,34H,1-2,8,12-15H2,3-5H3/t18?,20-,21+,22-,24+,25?,29?/m0/s1. The van der Waals surface area contributed by atoms with Gasteiger partial charge in [0.05, 0.1) is 47.9 Å². The molecule has 212 valence electrons. The largest absolute Gasteiger partial charge is 0.465 e. The number of para-hydroxylation sites is 1. The zero-order valence-corrected chi connectivity index (χ0v) is 24.9. The van der Waals surface area contributed by atoms with Crippen LogP contribution in [-0.2, 0) is 23.9 Å². The number of anilines is 1. The van der Waals surface area contributed by atoms with Gasteiger partial charge in [-0.15, -0.1) is 13.2 Å². The van der Waals surface area contributed by atoms with Gasteiger partial charge in [-0.1, -0.05) is 65.7 Å². The van der Waals surface area contributed by atoms with Crippen LogP contribution in [0.25, 0.3) is 0 Å². The van der Waals surface area contributed by atoms with Gasteiger partial charge in [0, 0.05) is 11.4 Å². The van der Waals surface area contributed by atoms with Crippen molar-refractivity contribution in [3.8, 4) is 0 Å². The Morgan fingerprint density at radius 2 is 2.08 bits per heavy atom. The van der Waals surface area contributed by atoms with E-state index in [2.05, 4.69) is 29.1 Å². The van der Waals surface area contributed by atoms with Crippen LogP contribution in [0.5, 0.6) is 0 Å². The Hall–Kier alpha value is -2.20. The number of alkyl halides is 1. The summed E-state index contributed by atoms with van der Waals surface area (Å²) in [5.41, 5.74) is 0.0139. The molecule has 3 saturated heterocycles. The minimum atomic E-state index is -1.29. The molecule has 10 heteroatoms. The smallest absolute Gasteiger partial charge is 0.312 e. The fraction of sp³-hybridized carbons (Fsp3) is 0.552. The Balaban J connectivity index is 1.85. The lowest BCUT2D eigenvalue weighted by molar-refractivity contribution is -0.155. The highest BCUT2D eigenvalue weighted by Gasteiger charge is 2.77. The van der Waals surface area contributed by atoms with Crippen LogP contribution in [0, 0.1) is 24.7 Å². The van der Waals surface area contributed by atoms with E-state index in [1.54, 1.807) is 24.3 Å². The maximum absolute atomic E-state index is 14.7. The minimum Gasteiger partial charge on any atom is -0.465 e. The van der Waals surface area contributed by atoms with Crippen LogP contribution in [0.4, 0.5) is 5.69 Å². The number of fused-ring (bicyclic) bond motifs is 1. The summed E-state index contributed by atoms with van der Waals surface area (Å²) in [6, 6.07) is 3.60. The number of rotatable bonds is 11. The highest BCUT2D eigenvalue weighted by molar-refractivity contribution is 9.09. The van der Waals surface area contributed by atoms with E-state index in [1.165, 1.54) is 9.80 Å². The Labute approximate surface area is 243 Å². The molecule has 8 nitrogen and oxygen atoms in total. The first-order valence-corrected chi connectivity index (χ1v) is 14.5. The third-order valence-corrected chi connectivity index (χ3v) is 9.30. The van der Waals surface area contributed by atoms with Crippen LogP contribution in [0.1, 0.15) is 32.3 Å². The van der Waals surface area contributed by atoms with E-state index in [4.69, 9.17) is 21.1 Å². The molecular formula is C29H36BrClN2O6. The molecule has 0 saturated carbocycles. The molecule has 7 atom stereocenters. The maximum atomic E-state index is 14.7. The number of hydrogen-bond acceptors (Lipinski definition) is 6. The number of halogens is 2. The van der Waals surface area contributed by atoms with Crippen molar-refractivity contribution in [3.63, 3.8) is 0 Å². The molecule has 1 aromatic carbocycles. The second kappa shape index (κ2) is 11.7. The first kappa shape index (κ1) is 29.8. The van der Waals surface area contributed by atoms with Crippen LogP contribution in [0.2, 0.25) is 5.02 Å². The normalized spacial score (nSPS) is 29.9. The van der Waals surface area contributed by atoms with E-state index in [1.807, 2.05) is 26.8 Å². The molecule has 3 fully saturated rings. The lowest BCUT2D eigenvalue weighted by Crippen LogP contribution is -2.60. The number of carbonyl (C=O) groups is 3. The highest BCUT2D eigenvalue weighted by atomic mass is 79.9. The number of amides is 2. The van der Waals surface area contributed by atoms with E-state index in [0.29, 0.717) is 23.6 Å². The molecule has 0 radical (unpaired) electrons. The van der Waals surface area contributed by atoms with Crippen molar-refractivity contribution in [3.05, 3.63) is 54.1 Å². The summed E-state index contributed by atoms with van der Waals surface area (Å²) in [6.07, 6.45) is 3.44. The third-order valence-electron chi connectivity index (χ3n) is 8.15. The van der Waals surface area contributed by atoms with Crippen molar-refractivity contribution < 1.29 is 29.0 Å². The van der Waals surface area contributed by atoms with Gasteiger partial charge in [0.15, 0.2) is 0 Å². The second-order valence-corrected chi connectivity index (χ2v) is 12.4. The van der Waals surface area contributed by atoms with Gasteiger partial charge >= 0.3 is 5.97 Å². The zero-order valence-electron chi connectivity index (χ0n) is 22.5. The number of aliphatic hydroxyl groups excluding tert-OH is 1. The SMILES string of the molecule is C=CCCOC(=O)[C@H]1[C@@H]2OC3(CC2Br)C(C(=O)N(CC=C)c2c(C)cccc2Cl)N([C@@H](CO)C(C)C)C(=O)[C@H]13. The number of nitrogens with zero attached hydrogens (tertiary/aromatic N) is 2. The number of likely N-dealkylation sites (tertiary alicyclic amines) is 1. The number of hydrogen-bond donors (Lipinski definition) is 1. The average molecular weight is 624 g/mol. The van der Waals surface area contributed by atoms with E-state index < -0.39 is 47.5 Å². The maximum Gasteiger partial charge on any atom is 0.312 e. The van der Waals surface area contributed by atoms with Gasteiger partial charge < -0.3 is 24.4 Å². The summed E-state index contributed by atoms with van der Waals surface area (Å²) in [4.78, 5) is 45.0. The molecular weight excluding hydrogens is 588 g/mol. The number of ether oxygens (including phenoxy) is 2. The van der Waals surface area contributed by atoms with Crippen molar-refractivity contribution >= 4 is 51.0 Å². The molecule has 3 aliphatic rings. The molecule has 3 aliphatic heterocycles. The first-order chi connectivity index (χ1) is 18.5. The molecule has 3 unspecified atom stereocenters. The Bertz CT molecular complexity index is 1140. The fourth-order valence-electron chi connectivity index (χ4n) is 6.47. The van der Waals surface area contributed by atoms with E-state index in [9.17, 15) is 19.5 Å². The van der Waals surface area contributed by atoms with Crippen molar-refractivity contribution in [2.24, 2.45) is 17.8 Å². The Morgan fingerprint density at radius 1 is 1.36 bits per heavy atom. The summed E-state index contributed by atoms with van der Waals surface area (Å²) in [7, 11) is 0. The number of esters is 1. The van der Waals surface area contributed by atoms with Crippen molar-refractivity contribution in [1.29, 1.82) is 0 Å². The number of aryl methyl sites for hydroxylation is 1. The van der Waals surface area contributed by atoms with Gasteiger partial charge in [-0.3, -0.25) is 14.4 Å². The van der Waals surface area contributed by atoms with E-state index in [-0.39, 0.29) is 36.4 Å². The summed E-state index contributed by atoms with van der Waals surface area (Å²) < 4.78 is 12.1. The van der Waals surface area contributed by atoms with Crippen molar-refractivity contribution in [2.45, 2.75) is 62.2 Å². The summed E-state index contributed by atoms with van der Waals surface area (Å²) >= 11 is 10.3. The van der Waals surface area contributed by atoms with Gasteiger partial charge in [-0.05, 0) is 37.3 Å². The topological polar surface area (TPSA) is 96.4 Å². The summed E-state index contributed by atoms with van der Waals surface area (Å²) in [5.74, 6) is -3.30. The van der Waals surface area contributed by atoms with Gasteiger partial charge in [0.25, 0.3) is 5.91 Å². The van der Waals surface area contributed by atoms with Gasteiger partial charge in [0.1, 0.15) is 11.6 Å². The predicted molar refractivity (Wildman–Crippen MR) is 153 cm³/mol. The van der Waals surface area contributed by atoms with Crippen LogP contribution in [-0.4, -0.2) is 76.2 Å². The van der Waals surface area contributed by atoms with Gasteiger partial charge in [-0.25, -0.2) is 0 Å². The lowest BCUT2D eigenvalue weighted by Gasteiger charge is -2.40. The molecule has 4 rings (SSSR count). The van der Waals surface area contributed by atoms with E-state index in [0.717, 1.165) is 5.56 Å². The molecule has 0 aliphatic carbocycles.